The average molecular weight is 214 g/mol. The van der Waals surface area contributed by atoms with Crippen molar-refractivity contribution >= 4 is 12.0 Å². The molecule has 0 heterocycles. The van der Waals surface area contributed by atoms with Gasteiger partial charge in [-0.3, -0.25) is 4.79 Å². The summed E-state index contributed by atoms with van der Waals surface area (Å²) in [5, 5.41) is 8.43. The molecule has 0 rings (SSSR count). The molecule has 0 spiro atoms. The summed E-state index contributed by atoms with van der Waals surface area (Å²) in [6.45, 7) is 4.48. The first kappa shape index (κ1) is 13.5. The van der Waals surface area contributed by atoms with Crippen LogP contribution < -0.4 is 0 Å². The summed E-state index contributed by atoms with van der Waals surface area (Å²) < 4.78 is 0. The fraction of sp³-hybridized carbons (Fsp3) is 0.600. The van der Waals surface area contributed by atoms with Crippen LogP contribution in [0.1, 0.15) is 12.8 Å². The number of carboxylic acids is 1. The van der Waals surface area contributed by atoms with E-state index in [-0.39, 0.29) is 12.5 Å². The van der Waals surface area contributed by atoms with Gasteiger partial charge in [0.05, 0.1) is 0 Å². The molecule has 0 atom stereocenters. The summed E-state index contributed by atoms with van der Waals surface area (Å²) in [5.74, 6) is -0.838. The van der Waals surface area contributed by atoms with Crippen molar-refractivity contribution < 1.29 is 14.7 Å². The van der Waals surface area contributed by atoms with Crippen LogP contribution in [0.5, 0.6) is 0 Å². The molecule has 0 aromatic heterocycles. The first-order valence-electron chi connectivity index (χ1n) is 4.78. The van der Waals surface area contributed by atoms with E-state index in [9.17, 15) is 9.59 Å². The number of rotatable bonds is 6. The molecule has 0 unspecified atom stereocenters. The molecule has 0 bridgehead atoms. The van der Waals surface area contributed by atoms with Crippen molar-refractivity contribution in [3.63, 3.8) is 0 Å². The second-order valence-electron chi connectivity index (χ2n) is 3.37. The quantitative estimate of drug-likeness (QED) is 0.671. The summed E-state index contributed by atoms with van der Waals surface area (Å²) >= 11 is 0. The van der Waals surface area contributed by atoms with Crippen LogP contribution in [-0.4, -0.2) is 54.1 Å². The number of amides is 2. The number of carboxylic acid groups (broad SMARTS) is 1. The maximum atomic E-state index is 11.6. The Labute approximate surface area is 90.0 Å². The third-order valence-corrected chi connectivity index (χ3v) is 1.94. The van der Waals surface area contributed by atoms with Gasteiger partial charge in [0.2, 0.25) is 0 Å². The number of nitrogens with zero attached hydrogens (tertiary/aromatic N) is 2. The van der Waals surface area contributed by atoms with E-state index in [0.29, 0.717) is 19.5 Å². The Morgan fingerprint density at radius 2 is 1.93 bits per heavy atom. The van der Waals surface area contributed by atoms with Crippen molar-refractivity contribution in [2.24, 2.45) is 0 Å². The minimum atomic E-state index is -0.838. The van der Waals surface area contributed by atoms with E-state index in [1.807, 2.05) is 0 Å². The van der Waals surface area contributed by atoms with Crippen LogP contribution in [0.25, 0.3) is 0 Å². The molecule has 0 aliphatic rings. The Hall–Kier alpha value is -1.52. The van der Waals surface area contributed by atoms with Crippen LogP contribution in [0.2, 0.25) is 0 Å². The van der Waals surface area contributed by atoms with Crippen LogP contribution >= 0.6 is 0 Å². The van der Waals surface area contributed by atoms with Gasteiger partial charge in [0.25, 0.3) is 0 Å². The highest BCUT2D eigenvalue weighted by Gasteiger charge is 2.12. The Balaban J connectivity index is 3.87. The molecule has 0 saturated heterocycles. The molecule has 5 nitrogen and oxygen atoms in total. The maximum Gasteiger partial charge on any atom is 0.319 e. The highest BCUT2D eigenvalue weighted by Crippen LogP contribution is 1.98. The number of aliphatic carboxylic acids is 1. The number of urea groups is 1. The molecule has 0 fully saturated rings. The lowest BCUT2D eigenvalue weighted by Gasteiger charge is -2.23. The first-order valence-corrected chi connectivity index (χ1v) is 4.78. The van der Waals surface area contributed by atoms with Gasteiger partial charge < -0.3 is 14.9 Å². The molecule has 0 aromatic carbocycles. The molecule has 2 amide bonds. The van der Waals surface area contributed by atoms with E-state index in [2.05, 4.69) is 6.58 Å². The van der Waals surface area contributed by atoms with Gasteiger partial charge in [0.1, 0.15) is 0 Å². The smallest absolute Gasteiger partial charge is 0.319 e. The molecule has 86 valence electrons. The van der Waals surface area contributed by atoms with E-state index in [0.717, 1.165) is 0 Å². The topological polar surface area (TPSA) is 60.9 Å². The Morgan fingerprint density at radius 1 is 1.33 bits per heavy atom. The largest absolute Gasteiger partial charge is 0.481 e. The van der Waals surface area contributed by atoms with Gasteiger partial charge >= 0.3 is 12.0 Å². The molecule has 0 radical (unpaired) electrons. The number of hydrogen-bond acceptors (Lipinski definition) is 2. The van der Waals surface area contributed by atoms with Crippen LogP contribution in [0.3, 0.4) is 0 Å². The summed E-state index contributed by atoms with van der Waals surface area (Å²) in [6, 6.07) is -0.125. The van der Waals surface area contributed by atoms with Crippen molar-refractivity contribution in [3.05, 3.63) is 12.7 Å². The van der Waals surface area contributed by atoms with Gasteiger partial charge in [-0.1, -0.05) is 6.08 Å². The second-order valence-corrected chi connectivity index (χ2v) is 3.37. The van der Waals surface area contributed by atoms with Crippen molar-refractivity contribution in [1.82, 2.24) is 9.80 Å². The molecule has 0 aliphatic heterocycles. The standard InChI is InChI=1S/C10H18N2O3/c1-4-7-11(2)10(15)12(3)8-5-6-9(13)14/h4H,1,5-8H2,2-3H3,(H,13,14). The molecule has 0 aromatic rings. The van der Waals surface area contributed by atoms with Crippen molar-refractivity contribution in [2.45, 2.75) is 12.8 Å². The van der Waals surface area contributed by atoms with E-state index in [1.54, 1.807) is 20.2 Å². The number of carbonyl (C=O) groups is 2. The van der Waals surface area contributed by atoms with E-state index in [1.165, 1.54) is 9.80 Å². The van der Waals surface area contributed by atoms with Gasteiger partial charge in [0.15, 0.2) is 0 Å². The predicted molar refractivity (Wildman–Crippen MR) is 57.7 cm³/mol. The maximum absolute atomic E-state index is 11.6. The van der Waals surface area contributed by atoms with Crippen molar-refractivity contribution in [2.75, 3.05) is 27.2 Å². The molecule has 1 N–H and O–H groups in total. The summed E-state index contributed by atoms with van der Waals surface area (Å²) in [5.41, 5.74) is 0. The van der Waals surface area contributed by atoms with Gasteiger partial charge in [0, 0.05) is 33.6 Å². The highest BCUT2D eigenvalue weighted by atomic mass is 16.4. The third kappa shape index (κ3) is 5.72. The van der Waals surface area contributed by atoms with Gasteiger partial charge in [-0.15, -0.1) is 6.58 Å². The summed E-state index contributed by atoms with van der Waals surface area (Å²) in [6.07, 6.45) is 2.20. The summed E-state index contributed by atoms with van der Waals surface area (Å²) in [4.78, 5) is 24.9. The highest BCUT2D eigenvalue weighted by molar-refractivity contribution is 5.74. The Bertz CT molecular complexity index is 241. The summed E-state index contributed by atoms with van der Waals surface area (Å²) in [7, 11) is 3.33. The molecule has 0 saturated carbocycles. The number of carbonyl (C=O) groups excluding carboxylic acids is 1. The Morgan fingerprint density at radius 3 is 2.40 bits per heavy atom. The normalized spacial score (nSPS) is 9.47. The lowest BCUT2D eigenvalue weighted by atomic mass is 10.3. The van der Waals surface area contributed by atoms with E-state index >= 15 is 0 Å². The molecule has 0 aliphatic carbocycles. The lowest BCUT2D eigenvalue weighted by molar-refractivity contribution is -0.137. The number of likely N-dealkylation sites (N-methyl/N-ethyl adjacent to an activating group) is 1. The number of hydrogen-bond donors (Lipinski definition) is 1. The SMILES string of the molecule is C=CCN(C)C(=O)N(C)CCCC(=O)O. The fourth-order valence-corrected chi connectivity index (χ4v) is 1.13. The monoisotopic (exact) mass is 214 g/mol. The van der Waals surface area contributed by atoms with Crippen LogP contribution in [0.15, 0.2) is 12.7 Å². The van der Waals surface area contributed by atoms with E-state index in [4.69, 9.17) is 5.11 Å². The predicted octanol–water partition coefficient (Wildman–Crippen LogP) is 1.02. The van der Waals surface area contributed by atoms with Gasteiger partial charge in [-0.05, 0) is 6.42 Å². The second kappa shape index (κ2) is 6.86. The van der Waals surface area contributed by atoms with Crippen LogP contribution in [0.4, 0.5) is 4.79 Å². The fourth-order valence-electron chi connectivity index (χ4n) is 1.13. The minimum Gasteiger partial charge on any atom is -0.481 e. The first-order chi connectivity index (χ1) is 6.99. The zero-order valence-electron chi connectivity index (χ0n) is 9.27. The molecular formula is C10H18N2O3. The molecule has 15 heavy (non-hydrogen) atoms. The van der Waals surface area contributed by atoms with Crippen LogP contribution in [0, 0.1) is 0 Å². The minimum absolute atomic E-state index is 0.0861. The Kier molecular flexibility index (Phi) is 6.17. The zero-order chi connectivity index (χ0) is 11.8. The van der Waals surface area contributed by atoms with Crippen molar-refractivity contribution in [3.8, 4) is 0 Å². The molecule has 5 heteroatoms. The van der Waals surface area contributed by atoms with Gasteiger partial charge in [-0.2, -0.15) is 0 Å². The van der Waals surface area contributed by atoms with E-state index < -0.39 is 5.97 Å². The average Bonchev–Trinajstić information content (AvgIpc) is 2.16. The van der Waals surface area contributed by atoms with Crippen molar-refractivity contribution in [1.29, 1.82) is 0 Å². The van der Waals surface area contributed by atoms with Crippen LogP contribution in [-0.2, 0) is 4.79 Å². The molecular weight excluding hydrogens is 196 g/mol. The lowest BCUT2D eigenvalue weighted by Crippen LogP contribution is -2.39. The zero-order valence-corrected chi connectivity index (χ0v) is 9.27. The van der Waals surface area contributed by atoms with Gasteiger partial charge in [-0.25, -0.2) is 4.79 Å². The third-order valence-electron chi connectivity index (χ3n) is 1.94.